The number of benzene rings is 2. The highest BCUT2D eigenvalue weighted by molar-refractivity contribution is 7.98. The van der Waals surface area contributed by atoms with Crippen LogP contribution in [0.1, 0.15) is 55.8 Å². The fourth-order valence-electron chi connectivity index (χ4n) is 4.46. The van der Waals surface area contributed by atoms with Crippen molar-refractivity contribution in [3.8, 4) is 0 Å². The number of hydrogen-bond acceptors (Lipinski definition) is 4. The van der Waals surface area contributed by atoms with Crippen molar-refractivity contribution in [3.05, 3.63) is 64.7 Å². The van der Waals surface area contributed by atoms with E-state index in [2.05, 4.69) is 0 Å². The Bertz CT molecular complexity index is 878. The summed E-state index contributed by atoms with van der Waals surface area (Å²) < 4.78 is 0. The number of aliphatic hydroxyl groups excluding tert-OH is 2. The molecule has 0 bridgehead atoms. The molecule has 1 amide bonds. The molecule has 2 aromatic carbocycles. The van der Waals surface area contributed by atoms with Crippen LogP contribution in [0.3, 0.4) is 0 Å². The van der Waals surface area contributed by atoms with E-state index < -0.39 is 18.1 Å². The van der Waals surface area contributed by atoms with Gasteiger partial charge in [-0.25, -0.2) is 0 Å². The van der Waals surface area contributed by atoms with Crippen molar-refractivity contribution in [1.29, 1.82) is 0 Å². The smallest absolute Gasteiger partial charge is 0.230 e. The van der Waals surface area contributed by atoms with Crippen LogP contribution in [0, 0.1) is 5.92 Å². The molecule has 6 heteroatoms. The largest absolute Gasteiger partial charge is 0.393 e. The summed E-state index contributed by atoms with van der Waals surface area (Å²) in [6.07, 6.45) is 4.10. The first-order chi connectivity index (χ1) is 14.8. The lowest BCUT2D eigenvalue weighted by atomic mass is 9.85. The number of hydrogen-bond donors (Lipinski definition) is 2. The number of aliphatic hydroxyl groups is 2. The summed E-state index contributed by atoms with van der Waals surface area (Å²) in [5, 5.41) is 21.9. The summed E-state index contributed by atoms with van der Waals surface area (Å²) in [5.41, 5.74) is 1.64. The summed E-state index contributed by atoms with van der Waals surface area (Å²) in [4.78, 5) is 16.3. The van der Waals surface area contributed by atoms with Crippen molar-refractivity contribution >= 4 is 29.3 Å². The van der Waals surface area contributed by atoms with E-state index in [1.165, 1.54) is 0 Å². The molecule has 1 aliphatic rings. The van der Waals surface area contributed by atoms with Crippen molar-refractivity contribution in [3.63, 3.8) is 0 Å². The summed E-state index contributed by atoms with van der Waals surface area (Å²) in [6, 6.07) is 14.8. The van der Waals surface area contributed by atoms with Gasteiger partial charge in [-0.15, -0.1) is 11.8 Å². The maximum atomic E-state index is 13.7. The number of rotatable bonds is 8. The number of carbonyl (C=O) groups is 1. The van der Waals surface area contributed by atoms with Crippen molar-refractivity contribution in [2.45, 2.75) is 61.7 Å². The zero-order chi connectivity index (χ0) is 22.5. The molecule has 31 heavy (non-hydrogen) atoms. The lowest BCUT2D eigenvalue weighted by Gasteiger charge is -2.33. The van der Waals surface area contributed by atoms with Gasteiger partial charge in [0.15, 0.2) is 0 Å². The zero-order valence-electron chi connectivity index (χ0n) is 18.4. The summed E-state index contributed by atoms with van der Waals surface area (Å²) in [7, 11) is 1.75. The molecule has 0 heterocycles. The second kappa shape index (κ2) is 10.9. The van der Waals surface area contributed by atoms with Crippen LogP contribution in [-0.2, 0) is 4.79 Å². The van der Waals surface area contributed by atoms with Gasteiger partial charge in [-0.1, -0.05) is 54.4 Å². The number of carbonyl (C=O) groups excluding carboxylic acids is 1. The average molecular weight is 462 g/mol. The van der Waals surface area contributed by atoms with Gasteiger partial charge < -0.3 is 15.1 Å². The number of thioether (sulfide) groups is 1. The Balaban J connectivity index is 1.86. The molecule has 0 saturated heterocycles. The van der Waals surface area contributed by atoms with Crippen LogP contribution in [-0.4, -0.2) is 46.5 Å². The highest BCUT2D eigenvalue weighted by Gasteiger charge is 2.35. The number of halogens is 1. The van der Waals surface area contributed by atoms with Crippen LogP contribution in [0.25, 0.3) is 0 Å². The molecule has 5 atom stereocenters. The van der Waals surface area contributed by atoms with E-state index in [0.717, 1.165) is 35.3 Å². The summed E-state index contributed by atoms with van der Waals surface area (Å²) >= 11 is 8.03. The molecule has 0 aliphatic heterocycles. The van der Waals surface area contributed by atoms with E-state index in [4.69, 9.17) is 11.6 Å². The Morgan fingerprint density at radius 2 is 1.90 bits per heavy atom. The monoisotopic (exact) mass is 461 g/mol. The maximum Gasteiger partial charge on any atom is 0.230 e. The SMILES string of the molecule is CSc1ccc([C@@H](CC2CCCC2O)C(=O)N(C)[C@H](C)[C@H](O)c2ccccc2)cc1Cl. The molecular formula is C25H32ClNO3S. The molecule has 2 unspecified atom stereocenters. The molecule has 3 rings (SSSR count). The predicted molar refractivity (Wildman–Crippen MR) is 128 cm³/mol. The molecule has 168 valence electrons. The molecule has 4 nitrogen and oxygen atoms in total. The fourth-order valence-corrected chi connectivity index (χ4v) is 5.34. The van der Waals surface area contributed by atoms with Gasteiger partial charge in [0.05, 0.1) is 29.2 Å². The topological polar surface area (TPSA) is 60.8 Å². The zero-order valence-corrected chi connectivity index (χ0v) is 19.9. The number of amides is 1. The summed E-state index contributed by atoms with van der Waals surface area (Å²) in [6.45, 7) is 1.86. The maximum absolute atomic E-state index is 13.7. The first-order valence-corrected chi connectivity index (χ1v) is 12.4. The highest BCUT2D eigenvalue weighted by atomic mass is 35.5. The molecule has 0 spiro atoms. The van der Waals surface area contributed by atoms with Crippen molar-refractivity contribution in [1.82, 2.24) is 4.90 Å². The van der Waals surface area contributed by atoms with Crippen LogP contribution in [0.2, 0.25) is 5.02 Å². The minimum absolute atomic E-state index is 0.0606. The Hall–Kier alpha value is -1.53. The van der Waals surface area contributed by atoms with Gasteiger partial charge in [-0.05, 0) is 61.6 Å². The number of likely N-dealkylation sites (N-methyl/N-ethyl adjacent to an activating group) is 1. The van der Waals surface area contributed by atoms with E-state index in [0.29, 0.717) is 11.4 Å². The first kappa shape index (κ1) is 24.1. The van der Waals surface area contributed by atoms with E-state index in [1.54, 1.807) is 23.7 Å². The van der Waals surface area contributed by atoms with Gasteiger partial charge in [0, 0.05) is 11.9 Å². The highest BCUT2D eigenvalue weighted by Crippen LogP contribution is 2.38. The first-order valence-electron chi connectivity index (χ1n) is 10.8. The van der Waals surface area contributed by atoms with Gasteiger partial charge in [0.25, 0.3) is 0 Å². The molecule has 0 radical (unpaired) electrons. The van der Waals surface area contributed by atoms with E-state index in [9.17, 15) is 15.0 Å². The standard InChI is InChI=1S/C25H32ClNO3S/c1-16(24(29)17-8-5-4-6-9-17)27(2)25(30)20(14-19-10-7-11-22(19)28)18-12-13-23(31-3)21(26)15-18/h4-6,8-9,12-13,15-16,19-20,22,24,28-29H,7,10-11,14H2,1-3H3/t16-,19?,20-,22?,24+/m1/s1. The lowest BCUT2D eigenvalue weighted by molar-refractivity contribution is -0.136. The Labute approximate surface area is 194 Å². The van der Waals surface area contributed by atoms with Crippen molar-refractivity contribution in [2.24, 2.45) is 5.92 Å². The quantitative estimate of drug-likeness (QED) is 0.525. The Morgan fingerprint density at radius 1 is 1.19 bits per heavy atom. The second-order valence-electron chi connectivity index (χ2n) is 8.49. The van der Waals surface area contributed by atoms with Gasteiger partial charge in [-0.3, -0.25) is 4.79 Å². The molecule has 1 saturated carbocycles. The minimum atomic E-state index is -0.782. The molecular weight excluding hydrogens is 430 g/mol. The second-order valence-corrected chi connectivity index (χ2v) is 9.74. The van der Waals surface area contributed by atoms with Gasteiger partial charge in [-0.2, -0.15) is 0 Å². The minimum Gasteiger partial charge on any atom is -0.393 e. The van der Waals surface area contributed by atoms with Gasteiger partial charge in [0.1, 0.15) is 0 Å². The summed E-state index contributed by atoms with van der Waals surface area (Å²) in [5.74, 6) is -0.383. The lowest BCUT2D eigenvalue weighted by Crippen LogP contribution is -2.42. The van der Waals surface area contributed by atoms with Crippen LogP contribution in [0.5, 0.6) is 0 Å². The third-order valence-electron chi connectivity index (χ3n) is 6.59. The normalized spacial score (nSPS) is 21.5. The average Bonchev–Trinajstić information content (AvgIpc) is 3.20. The number of nitrogens with zero attached hydrogens (tertiary/aromatic N) is 1. The van der Waals surface area contributed by atoms with Crippen LogP contribution in [0.15, 0.2) is 53.4 Å². The van der Waals surface area contributed by atoms with Crippen LogP contribution < -0.4 is 0 Å². The van der Waals surface area contributed by atoms with Crippen LogP contribution >= 0.6 is 23.4 Å². The van der Waals surface area contributed by atoms with E-state index in [1.807, 2.05) is 61.7 Å². The van der Waals surface area contributed by atoms with Gasteiger partial charge in [0.2, 0.25) is 5.91 Å². The molecule has 0 aromatic heterocycles. The Morgan fingerprint density at radius 3 is 2.48 bits per heavy atom. The third-order valence-corrected chi connectivity index (χ3v) is 7.81. The predicted octanol–water partition coefficient (Wildman–Crippen LogP) is 5.28. The molecule has 2 N–H and O–H groups in total. The van der Waals surface area contributed by atoms with Crippen molar-refractivity contribution < 1.29 is 15.0 Å². The molecule has 1 aliphatic carbocycles. The van der Waals surface area contributed by atoms with Crippen molar-refractivity contribution in [2.75, 3.05) is 13.3 Å². The van der Waals surface area contributed by atoms with E-state index >= 15 is 0 Å². The molecule has 2 aromatic rings. The van der Waals surface area contributed by atoms with Crippen LogP contribution in [0.4, 0.5) is 0 Å². The third kappa shape index (κ3) is 5.64. The van der Waals surface area contributed by atoms with E-state index in [-0.39, 0.29) is 17.9 Å². The fraction of sp³-hybridized carbons (Fsp3) is 0.480. The molecule has 1 fully saturated rings. The Kier molecular flexibility index (Phi) is 8.45. The van der Waals surface area contributed by atoms with Gasteiger partial charge >= 0.3 is 0 Å².